The highest BCUT2D eigenvalue weighted by molar-refractivity contribution is 5.56. The zero-order valence-corrected chi connectivity index (χ0v) is 22.6. The number of anilines is 1. The largest absolute Gasteiger partial charge is 0.488 e. The van der Waals surface area contributed by atoms with Gasteiger partial charge in [0.05, 0.1) is 17.2 Å². The minimum absolute atomic E-state index is 0.0490. The van der Waals surface area contributed by atoms with Crippen LogP contribution in [0.1, 0.15) is 53.1 Å². The highest BCUT2D eigenvalue weighted by Gasteiger charge is 2.35. The third-order valence-electron chi connectivity index (χ3n) is 7.37. The zero-order valence-electron chi connectivity index (χ0n) is 22.6. The third kappa shape index (κ3) is 6.66. The van der Waals surface area contributed by atoms with Gasteiger partial charge in [0.2, 0.25) is 0 Å². The number of rotatable bonds is 8. The number of para-hydroxylation sites is 3. The molecule has 42 heavy (non-hydrogen) atoms. The van der Waals surface area contributed by atoms with Crippen LogP contribution in [0.4, 0.5) is 32.0 Å². The van der Waals surface area contributed by atoms with Gasteiger partial charge in [-0.1, -0.05) is 66.7 Å². The summed E-state index contributed by atoms with van der Waals surface area (Å²) < 4.78 is 92.6. The molecule has 3 nitrogen and oxygen atoms in total. The van der Waals surface area contributed by atoms with E-state index in [1.165, 1.54) is 36.4 Å². The van der Waals surface area contributed by atoms with Crippen molar-refractivity contribution in [2.45, 2.75) is 50.9 Å². The van der Waals surface area contributed by atoms with Crippen molar-refractivity contribution < 1.29 is 35.8 Å². The molecule has 220 valence electrons. The number of nitrogens with zero attached hydrogens (tertiary/aromatic N) is 1. The minimum Gasteiger partial charge on any atom is -0.488 e. The standard InChI is InChI=1S/C33H29F6NO2/c34-32(35,36)26-14-4-7-18-30(26)41-21-23-11-1-3-13-25(23)29-17-9-10-20-40(29)28-16-6-2-12-24(28)22-42-31-19-8-5-15-27(31)33(37,38)39/h1-8,11-16,18-19,29H,9-10,17,20-22H2. The van der Waals surface area contributed by atoms with Crippen LogP contribution in [0, 0.1) is 0 Å². The molecule has 0 radical (unpaired) electrons. The lowest BCUT2D eigenvalue weighted by atomic mass is 9.91. The second kappa shape index (κ2) is 12.4. The first-order valence-electron chi connectivity index (χ1n) is 13.6. The van der Waals surface area contributed by atoms with Crippen molar-refractivity contribution in [3.63, 3.8) is 0 Å². The maximum absolute atomic E-state index is 13.5. The normalized spacial score (nSPS) is 15.9. The van der Waals surface area contributed by atoms with E-state index in [0.29, 0.717) is 6.54 Å². The Labute approximate surface area is 240 Å². The molecule has 1 fully saturated rings. The minimum atomic E-state index is -4.54. The molecule has 1 aliphatic rings. The number of ether oxygens (including phenoxy) is 2. The van der Waals surface area contributed by atoms with Crippen molar-refractivity contribution in [1.29, 1.82) is 0 Å². The topological polar surface area (TPSA) is 21.7 Å². The fourth-order valence-electron chi connectivity index (χ4n) is 5.41. The number of hydrogen-bond donors (Lipinski definition) is 0. The highest BCUT2D eigenvalue weighted by atomic mass is 19.4. The summed E-state index contributed by atoms with van der Waals surface area (Å²) in [6.45, 7) is 0.588. The van der Waals surface area contributed by atoms with Gasteiger partial charge >= 0.3 is 12.4 Å². The van der Waals surface area contributed by atoms with Crippen LogP contribution in [0.2, 0.25) is 0 Å². The first kappa shape index (κ1) is 29.4. The van der Waals surface area contributed by atoms with Crippen molar-refractivity contribution in [3.8, 4) is 11.5 Å². The molecular weight excluding hydrogens is 556 g/mol. The summed E-state index contributed by atoms with van der Waals surface area (Å²) >= 11 is 0. The quantitative estimate of drug-likeness (QED) is 0.192. The van der Waals surface area contributed by atoms with Crippen LogP contribution in [0.15, 0.2) is 97.1 Å². The van der Waals surface area contributed by atoms with Crippen molar-refractivity contribution in [3.05, 3.63) is 125 Å². The maximum Gasteiger partial charge on any atom is 0.419 e. The fraction of sp³-hybridized carbons (Fsp3) is 0.273. The van der Waals surface area contributed by atoms with Crippen molar-refractivity contribution in [2.24, 2.45) is 0 Å². The summed E-state index contributed by atoms with van der Waals surface area (Å²) in [7, 11) is 0. The van der Waals surface area contributed by atoms with Gasteiger partial charge in [0.25, 0.3) is 0 Å². The Kier molecular flexibility index (Phi) is 8.66. The summed E-state index contributed by atoms with van der Waals surface area (Å²) in [4.78, 5) is 2.21. The van der Waals surface area contributed by atoms with Gasteiger partial charge in [0.15, 0.2) is 0 Å². The number of hydrogen-bond acceptors (Lipinski definition) is 3. The molecular formula is C33H29F6NO2. The van der Waals surface area contributed by atoms with Crippen LogP contribution < -0.4 is 14.4 Å². The van der Waals surface area contributed by atoms with Gasteiger partial charge in [0.1, 0.15) is 24.7 Å². The molecule has 9 heteroatoms. The Morgan fingerprint density at radius 1 is 0.595 bits per heavy atom. The van der Waals surface area contributed by atoms with Crippen molar-refractivity contribution in [2.75, 3.05) is 11.4 Å². The Bertz CT molecular complexity index is 1390. The predicted octanol–water partition coefficient (Wildman–Crippen LogP) is 9.61. The molecule has 4 aromatic rings. The molecule has 0 aromatic heterocycles. The summed E-state index contributed by atoms with van der Waals surface area (Å²) in [6.07, 6.45) is -6.42. The van der Waals surface area contributed by atoms with Crippen LogP contribution >= 0.6 is 0 Å². The molecule has 4 aromatic carbocycles. The Hall–Kier alpha value is -4.14. The van der Waals surface area contributed by atoms with E-state index in [9.17, 15) is 26.3 Å². The van der Waals surface area contributed by atoms with Crippen molar-refractivity contribution >= 4 is 5.69 Å². The Morgan fingerprint density at radius 2 is 1.10 bits per heavy atom. The summed E-state index contributed by atoms with van der Waals surface area (Å²) in [5.41, 5.74) is 1.60. The smallest absolute Gasteiger partial charge is 0.419 e. The summed E-state index contributed by atoms with van der Waals surface area (Å²) in [6, 6.07) is 25.1. The van der Waals surface area contributed by atoms with Gasteiger partial charge in [0, 0.05) is 17.8 Å². The molecule has 1 saturated heterocycles. The molecule has 5 rings (SSSR count). The van der Waals surface area contributed by atoms with Gasteiger partial charge < -0.3 is 14.4 Å². The summed E-state index contributed by atoms with van der Waals surface area (Å²) in [5.74, 6) is -0.474. The molecule has 0 saturated carbocycles. The lowest BCUT2D eigenvalue weighted by molar-refractivity contribution is -0.139. The van der Waals surface area contributed by atoms with Crippen molar-refractivity contribution in [1.82, 2.24) is 0 Å². The van der Waals surface area contributed by atoms with Gasteiger partial charge in [-0.25, -0.2) is 0 Å². The van der Waals surface area contributed by atoms with Crippen LogP contribution in [0.5, 0.6) is 11.5 Å². The van der Waals surface area contributed by atoms with Gasteiger partial charge in [-0.2, -0.15) is 26.3 Å². The monoisotopic (exact) mass is 585 g/mol. The highest BCUT2D eigenvalue weighted by Crippen LogP contribution is 2.41. The molecule has 1 atom stereocenters. The molecule has 1 aliphatic heterocycles. The number of benzene rings is 4. The van der Waals surface area contributed by atoms with E-state index in [1.807, 2.05) is 48.5 Å². The third-order valence-corrected chi connectivity index (χ3v) is 7.37. The average Bonchev–Trinajstić information content (AvgIpc) is 2.99. The zero-order chi connectivity index (χ0) is 29.7. The molecule has 0 bridgehead atoms. The lowest BCUT2D eigenvalue weighted by Gasteiger charge is -2.40. The van der Waals surface area contributed by atoms with Crippen LogP contribution in [0.25, 0.3) is 0 Å². The molecule has 0 amide bonds. The number of halogens is 6. The number of alkyl halides is 6. The summed E-state index contributed by atoms with van der Waals surface area (Å²) in [5, 5.41) is 0. The van der Waals surface area contributed by atoms with E-state index in [-0.39, 0.29) is 30.8 Å². The van der Waals surface area contributed by atoms with Gasteiger partial charge in [-0.05, 0) is 60.7 Å². The lowest BCUT2D eigenvalue weighted by Crippen LogP contribution is -2.34. The second-order valence-electron chi connectivity index (χ2n) is 10.1. The molecule has 0 aliphatic carbocycles. The van der Waals surface area contributed by atoms with E-state index < -0.39 is 23.5 Å². The van der Waals surface area contributed by atoms with Crippen LogP contribution in [-0.4, -0.2) is 6.54 Å². The molecule has 0 N–H and O–H groups in total. The van der Waals surface area contributed by atoms with E-state index in [2.05, 4.69) is 4.90 Å². The average molecular weight is 586 g/mol. The Balaban J connectivity index is 1.41. The molecule has 0 spiro atoms. The van der Waals surface area contributed by atoms with Crippen LogP contribution in [-0.2, 0) is 25.6 Å². The SMILES string of the molecule is FC(F)(F)c1ccccc1OCc1ccccc1C1CCCCN1c1ccccc1COc1ccccc1C(F)(F)F. The second-order valence-corrected chi connectivity index (χ2v) is 10.1. The van der Waals surface area contributed by atoms with E-state index >= 15 is 0 Å². The molecule has 1 unspecified atom stereocenters. The maximum atomic E-state index is 13.5. The van der Waals surface area contributed by atoms with E-state index in [1.54, 1.807) is 0 Å². The Morgan fingerprint density at radius 3 is 1.71 bits per heavy atom. The first-order valence-corrected chi connectivity index (χ1v) is 13.6. The van der Waals surface area contributed by atoms with E-state index in [0.717, 1.165) is 53.8 Å². The molecule has 1 heterocycles. The number of piperidine rings is 1. The fourth-order valence-corrected chi connectivity index (χ4v) is 5.41. The van der Waals surface area contributed by atoms with Crippen LogP contribution in [0.3, 0.4) is 0 Å². The van der Waals surface area contributed by atoms with Gasteiger partial charge in [-0.15, -0.1) is 0 Å². The van der Waals surface area contributed by atoms with E-state index in [4.69, 9.17) is 9.47 Å². The predicted molar refractivity (Wildman–Crippen MR) is 148 cm³/mol. The first-order chi connectivity index (χ1) is 20.1. The van der Waals surface area contributed by atoms with Gasteiger partial charge in [-0.3, -0.25) is 0 Å².